The average molecular weight is 466 g/mol. The lowest BCUT2D eigenvalue weighted by Gasteiger charge is -2.46. The van der Waals surface area contributed by atoms with E-state index >= 15 is 0 Å². The molecule has 6 heteroatoms. The monoisotopic (exact) mass is 465 g/mol. The van der Waals surface area contributed by atoms with E-state index in [0.29, 0.717) is 6.10 Å². The third-order valence-corrected chi connectivity index (χ3v) is 8.28. The number of methoxy groups -OCH3 is 2. The number of rotatable bonds is 9. The Labute approximate surface area is 204 Å². The van der Waals surface area contributed by atoms with E-state index in [1.807, 2.05) is 12.3 Å². The molecule has 34 heavy (non-hydrogen) atoms. The minimum atomic E-state index is 0.0601. The van der Waals surface area contributed by atoms with Crippen LogP contribution in [0.4, 0.5) is 5.69 Å². The van der Waals surface area contributed by atoms with Crippen LogP contribution in [-0.4, -0.2) is 57.1 Å². The first-order chi connectivity index (χ1) is 16.7. The summed E-state index contributed by atoms with van der Waals surface area (Å²) in [7, 11) is 3.54. The van der Waals surface area contributed by atoms with Crippen molar-refractivity contribution in [2.75, 3.05) is 45.4 Å². The van der Waals surface area contributed by atoms with Crippen LogP contribution >= 0.6 is 0 Å². The molecule has 1 aromatic heterocycles. The van der Waals surface area contributed by atoms with E-state index in [0.717, 1.165) is 57.8 Å². The molecule has 2 aliphatic heterocycles. The molecule has 1 aromatic carbocycles. The van der Waals surface area contributed by atoms with Crippen LogP contribution in [0.1, 0.15) is 56.2 Å². The molecule has 3 aliphatic rings. The average Bonchev–Trinajstić information content (AvgIpc) is 3.29. The number of anilines is 1. The van der Waals surface area contributed by atoms with Crippen LogP contribution < -0.4 is 15.0 Å². The molecule has 1 spiro atoms. The van der Waals surface area contributed by atoms with Gasteiger partial charge in [-0.15, -0.1) is 0 Å². The van der Waals surface area contributed by atoms with Gasteiger partial charge in [0.2, 0.25) is 0 Å². The fraction of sp³-hybridized carbons (Fsp3) is 0.607. The van der Waals surface area contributed by atoms with E-state index in [9.17, 15) is 0 Å². The molecule has 0 radical (unpaired) electrons. The standard InChI is InChI=1S/C28H39N3O3/c1-32-24-19-31(20-24)23-8-9-25(33-2)22(17-23)18-29-15-12-27(26-7-3-6-14-30-26)13-16-34-28(21-27)10-4-5-11-28/h3,6-9,14,17,24,29H,4-5,10-13,15-16,18-21H2,1-2H3. The van der Waals surface area contributed by atoms with E-state index in [1.165, 1.54) is 42.6 Å². The SMILES string of the molecule is COc1ccc(N2CC(OC)C2)cc1CNCCC1(c2ccccn2)CCOC2(CCCC2)C1. The predicted molar refractivity (Wildman–Crippen MR) is 135 cm³/mol. The molecule has 1 atom stereocenters. The maximum Gasteiger partial charge on any atom is 0.123 e. The first-order valence-corrected chi connectivity index (χ1v) is 12.9. The Hall–Kier alpha value is -2.15. The maximum absolute atomic E-state index is 6.40. The van der Waals surface area contributed by atoms with E-state index in [2.05, 4.69) is 40.5 Å². The Kier molecular flexibility index (Phi) is 7.09. The van der Waals surface area contributed by atoms with Gasteiger partial charge in [0, 0.05) is 61.9 Å². The van der Waals surface area contributed by atoms with Gasteiger partial charge in [0.05, 0.1) is 18.8 Å². The summed E-state index contributed by atoms with van der Waals surface area (Å²) in [6, 6.07) is 12.9. The lowest BCUT2D eigenvalue weighted by molar-refractivity contribution is -0.104. The summed E-state index contributed by atoms with van der Waals surface area (Å²) in [6.07, 6.45) is 10.5. The highest BCUT2D eigenvalue weighted by atomic mass is 16.5. The maximum atomic E-state index is 6.40. The smallest absolute Gasteiger partial charge is 0.123 e. The van der Waals surface area contributed by atoms with Crippen molar-refractivity contribution in [2.45, 2.75) is 68.6 Å². The van der Waals surface area contributed by atoms with Gasteiger partial charge < -0.3 is 24.4 Å². The summed E-state index contributed by atoms with van der Waals surface area (Å²) in [6.45, 7) is 4.47. The number of nitrogens with zero attached hydrogens (tertiary/aromatic N) is 2. The van der Waals surface area contributed by atoms with Crippen LogP contribution in [0.25, 0.3) is 0 Å². The zero-order chi connectivity index (χ0) is 23.4. The van der Waals surface area contributed by atoms with Gasteiger partial charge in [-0.05, 0) is 69.0 Å². The summed E-state index contributed by atoms with van der Waals surface area (Å²) < 4.78 is 17.5. The second-order valence-corrected chi connectivity index (χ2v) is 10.3. The molecule has 3 heterocycles. The van der Waals surface area contributed by atoms with Gasteiger partial charge >= 0.3 is 0 Å². The summed E-state index contributed by atoms with van der Waals surface area (Å²) in [4.78, 5) is 7.19. The van der Waals surface area contributed by atoms with Gasteiger partial charge in [-0.2, -0.15) is 0 Å². The van der Waals surface area contributed by atoms with Crippen LogP contribution in [0.15, 0.2) is 42.6 Å². The van der Waals surface area contributed by atoms with Crippen LogP contribution in [0.2, 0.25) is 0 Å². The fourth-order valence-corrected chi connectivity index (χ4v) is 6.24. The molecular weight excluding hydrogens is 426 g/mol. The molecule has 2 aromatic rings. The van der Waals surface area contributed by atoms with Crippen LogP contribution in [0.5, 0.6) is 5.75 Å². The second kappa shape index (κ2) is 10.2. The van der Waals surface area contributed by atoms with Crippen molar-refractivity contribution in [1.29, 1.82) is 0 Å². The Morgan fingerprint density at radius 2 is 1.97 bits per heavy atom. The molecule has 184 valence electrons. The van der Waals surface area contributed by atoms with E-state index in [-0.39, 0.29) is 11.0 Å². The third kappa shape index (κ3) is 4.81. The van der Waals surface area contributed by atoms with Gasteiger partial charge in [-0.1, -0.05) is 18.9 Å². The lowest BCUT2D eigenvalue weighted by Crippen LogP contribution is -2.51. The summed E-state index contributed by atoms with van der Waals surface area (Å²) in [5.41, 5.74) is 3.81. The molecule has 3 fully saturated rings. The van der Waals surface area contributed by atoms with Crippen molar-refractivity contribution in [3.63, 3.8) is 0 Å². The number of hydrogen-bond donors (Lipinski definition) is 1. The highest BCUT2D eigenvalue weighted by Gasteiger charge is 2.48. The fourth-order valence-electron chi connectivity index (χ4n) is 6.24. The molecule has 0 amide bonds. The van der Waals surface area contributed by atoms with Gasteiger partial charge in [0.1, 0.15) is 5.75 Å². The number of hydrogen-bond acceptors (Lipinski definition) is 6. The quantitative estimate of drug-likeness (QED) is 0.552. The Morgan fingerprint density at radius 1 is 1.12 bits per heavy atom. The molecule has 6 nitrogen and oxygen atoms in total. The molecule has 0 bridgehead atoms. The Morgan fingerprint density at radius 3 is 2.71 bits per heavy atom. The lowest BCUT2D eigenvalue weighted by atomic mass is 9.68. The first kappa shape index (κ1) is 23.6. The zero-order valence-electron chi connectivity index (χ0n) is 20.7. The number of pyridine rings is 1. The van der Waals surface area contributed by atoms with Crippen molar-refractivity contribution in [3.05, 3.63) is 53.9 Å². The van der Waals surface area contributed by atoms with Gasteiger partial charge in [0.15, 0.2) is 0 Å². The number of nitrogens with one attached hydrogen (secondary N) is 1. The number of aromatic nitrogens is 1. The largest absolute Gasteiger partial charge is 0.496 e. The summed E-state index contributed by atoms with van der Waals surface area (Å²) >= 11 is 0. The molecule has 1 unspecified atom stereocenters. The van der Waals surface area contributed by atoms with Gasteiger partial charge in [-0.25, -0.2) is 0 Å². The van der Waals surface area contributed by atoms with Gasteiger partial charge in [0.25, 0.3) is 0 Å². The zero-order valence-corrected chi connectivity index (χ0v) is 20.7. The number of benzene rings is 1. The predicted octanol–water partition coefficient (Wildman–Crippen LogP) is 4.47. The minimum absolute atomic E-state index is 0.0601. The van der Waals surface area contributed by atoms with Crippen LogP contribution in [-0.2, 0) is 21.4 Å². The molecule has 1 aliphatic carbocycles. The van der Waals surface area contributed by atoms with Crippen molar-refractivity contribution < 1.29 is 14.2 Å². The summed E-state index contributed by atoms with van der Waals surface area (Å²) in [5.74, 6) is 0.940. The minimum Gasteiger partial charge on any atom is -0.496 e. The number of ether oxygens (including phenoxy) is 3. The van der Waals surface area contributed by atoms with Crippen molar-refractivity contribution >= 4 is 5.69 Å². The molecule has 1 saturated carbocycles. The van der Waals surface area contributed by atoms with E-state index in [1.54, 1.807) is 14.2 Å². The highest BCUT2D eigenvalue weighted by Crippen LogP contribution is 2.49. The molecule has 2 saturated heterocycles. The van der Waals surface area contributed by atoms with Gasteiger partial charge in [-0.3, -0.25) is 4.98 Å². The van der Waals surface area contributed by atoms with Crippen LogP contribution in [0.3, 0.4) is 0 Å². The second-order valence-electron chi connectivity index (χ2n) is 10.3. The van der Waals surface area contributed by atoms with Crippen molar-refractivity contribution in [1.82, 2.24) is 10.3 Å². The van der Waals surface area contributed by atoms with E-state index in [4.69, 9.17) is 19.2 Å². The third-order valence-electron chi connectivity index (χ3n) is 8.28. The molecular formula is C28H39N3O3. The topological polar surface area (TPSA) is 55.9 Å². The highest BCUT2D eigenvalue weighted by molar-refractivity contribution is 5.55. The normalized spacial score (nSPS) is 24.4. The Bertz CT molecular complexity index is 941. The van der Waals surface area contributed by atoms with Crippen molar-refractivity contribution in [3.8, 4) is 5.75 Å². The van der Waals surface area contributed by atoms with Crippen molar-refractivity contribution in [2.24, 2.45) is 0 Å². The van der Waals surface area contributed by atoms with Crippen LogP contribution in [0, 0.1) is 0 Å². The molecule has 5 rings (SSSR count). The van der Waals surface area contributed by atoms with E-state index < -0.39 is 0 Å². The molecule has 1 N–H and O–H groups in total. The summed E-state index contributed by atoms with van der Waals surface area (Å²) in [5, 5.41) is 3.73. The Balaban J connectivity index is 1.25. The first-order valence-electron chi connectivity index (χ1n) is 12.9.